The molecule has 0 aliphatic heterocycles. The van der Waals surface area contributed by atoms with Gasteiger partial charge in [-0.05, 0) is 17.7 Å². The standard InChI is InChI=1S/C16H17N3O3/c20-15(21)14(11-12-7-3-1-4-8-12)17-16(22)19-18-13-9-5-2-6-10-13/h1-10,14,18H,11H2,(H,20,21)(H2,17,19,22)/t14-/m0/s1. The zero-order chi connectivity index (χ0) is 15.8. The topological polar surface area (TPSA) is 90.5 Å². The highest BCUT2D eigenvalue weighted by molar-refractivity contribution is 5.83. The molecule has 1 atom stereocenters. The van der Waals surface area contributed by atoms with E-state index in [4.69, 9.17) is 0 Å². The largest absolute Gasteiger partial charge is 0.480 e. The molecule has 0 heterocycles. The number of carboxylic acids is 1. The number of carboxylic acid groups (broad SMARTS) is 1. The average Bonchev–Trinajstić information content (AvgIpc) is 2.54. The van der Waals surface area contributed by atoms with Crippen LogP contribution in [0.25, 0.3) is 0 Å². The summed E-state index contributed by atoms with van der Waals surface area (Å²) in [5.41, 5.74) is 6.64. The number of hydrogen-bond donors (Lipinski definition) is 4. The first-order valence-electron chi connectivity index (χ1n) is 6.79. The Hall–Kier alpha value is -3.02. The maximum atomic E-state index is 11.8. The van der Waals surface area contributed by atoms with Crippen LogP contribution in [0.15, 0.2) is 60.7 Å². The van der Waals surface area contributed by atoms with Gasteiger partial charge in [-0.1, -0.05) is 48.5 Å². The Kier molecular flexibility index (Phi) is 5.37. The van der Waals surface area contributed by atoms with E-state index in [9.17, 15) is 14.7 Å². The molecule has 0 aliphatic carbocycles. The SMILES string of the molecule is O=C(NNc1ccccc1)N[C@@H](Cc1ccccc1)C(=O)O. The Morgan fingerprint density at radius 1 is 0.955 bits per heavy atom. The molecule has 2 aromatic carbocycles. The van der Waals surface area contributed by atoms with Crippen molar-refractivity contribution in [3.63, 3.8) is 0 Å². The number of anilines is 1. The fourth-order valence-electron chi connectivity index (χ4n) is 1.89. The predicted octanol–water partition coefficient (Wildman–Crippen LogP) is 2.01. The second-order valence-corrected chi connectivity index (χ2v) is 4.67. The molecule has 0 aromatic heterocycles. The lowest BCUT2D eigenvalue weighted by Crippen LogP contribution is -2.48. The van der Waals surface area contributed by atoms with Gasteiger partial charge in [0.1, 0.15) is 6.04 Å². The van der Waals surface area contributed by atoms with Crippen molar-refractivity contribution in [3.05, 3.63) is 66.2 Å². The molecule has 6 heteroatoms. The van der Waals surface area contributed by atoms with E-state index in [0.29, 0.717) is 5.69 Å². The highest BCUT2D eigenvalue weighted by Gasteiger charge is 2.20. The van der Waals surface area contributed by atoms with Crippen LogP contribution in [0.2, 0.25) is 0 Å². The summed E-state index contributed by atoms with van der Waals surface area (Å²) in [5, 5.41) is 11.6. The zero-order valence-electron chi connectivity index (χ0n) is 11.8. The van der Waals surface area contributed by atoms with Crippen molar-refractivity contribution in [2.75, 3.05) is 5.43 Å². The minimum Gasteiger partial charge on any atom is -0.480 e. The van der Waals surface area contributed by atoms with Gasteiger partial charge in [0, 0.05) is 6.42 Å². The molecule has 2 aromatic rings. The quantitative estimate of drug-likeness (QED) is 0.614. The number of carbonyl (C=O) groups excluding carboxylic acids is 1. The van der Waals surface area contributed by atoms with E-state index in [1.807, 2.05) is 48.5 Å². The molecule has 2 amide bonds. The first-order valence-corrected chi connectivity index (χ1v) is 6.79. The average molecular weight is 299 g/mol. The molecule has 0 saturated heterocycles. The van der Waals surface area contributed by atoms with Crippen molar-refractivity contribution in [2.24, 2.45) is 0 Å². The molecule has 6 nitrogen and oxygen atoms in total. The van der Waals surface area contributed by atoms with Gasteiger partial charge in [-0.2, -0.15) is 0 Å². The highest BCUT2D eigenvalue weighted by Crippen LogP contribution is 2.04. The molecular weight excluding hydrogens is 282 g/mol. The van der Waals surface area contributed by atoms with Gasteiger partial charge >= 0.3 is 12.0 Å². The summed E-state index contributed by atoms with van der Waals surface area (Å²) in [7, 11) is 0. The van der Waals surface area contributed by atoms with Crippen molar-refractivity contribution in [2.45, 2.75) is 12.5 Å². The third-order valence-electron chi connectivity index (χ3n) is 2.98. The normalized spacial score (nSPS) is 11.3. The fourth-order valence-corrected chi connectivity index (χ4v) is 1.89. The Morgan fingerprint density at radius 3 is 2.14 bits per heavy atom. The highest BCUT2D eigenvalue weighted by atomic mass is 16.4. The van der Waals surface area contributed by atoms with E-state index in [0.717, 1.165) is 5.56 Å². The van der Waals surface area contributed by atoms with Gasteiger partial charge < -0.3 is 10.4 Å². The molecule has 4 N–H and O–H groups in total. The predicted molar refractivity (Wildman–Crippen MR) is 83.3 cm³/mol. The Bertz CT molecular complexity index is 617. The first kappa shape index (κ1) is 15.4. The third kappa shape index (κ3) is 4.82. The number of hydrogen-bond acceptors (Lipinski definition) is 3. The number of amides is 2. The molecular formula is C16H17N3O3. The molecule has 22 heavy (non-hydrogen) atoms. The Balaban J connectivity index is 1.88. The van der Waals surface area contributed by atoms with Crippen LogP contribution < -0.4 is 16.2 Å². The van der Waals surface area contributed by atoms with E-state index < -0.39 is 18.0 Å². The van der Waals surface area contributed by atoms with Gasteiger partial charge in [0.25, 0.3) is 0 Å². The number of rotatable bonds is 6. The lowest BCUT2D eigenvalue weighted by molar-refractivity contribution is -0.139. The molecule has 0 saturated carbocycles. The summed E-state index contributed by atoms with van der Waals surface area (Å²) in [4.78, 5) is 23.0. The van der Waals surface area contributed by atoms with E-state index in [1.54, 1.807) is 12.1 Å². The van der Waals surface area contributed by atoms with Crippen LogP contribution >= 0.6 is 0 Å². The first-order chi connectivity index (χ1) is 10.6. The summed E-state index contributed by atoms with van der Waals surface area (Å²) in [6.07, 6.45) is 0.217. The molecule has 0 bridgehead atoms. The number of urea groups is 1. The maximum Gasteiger partial charge on any atom is 0.334 e. The second kappa shape index (κ2) is 7.68. The number of nitrogens with one attached hydrogen (secondary N) is 3. The van der Waals surface area contributed by atoms with Crippen LogP contribution in [0.3, 0.4) is 0 Å². The van der Waals surface area contributed by atoms with Crippen molar-refractivity contribution < 1.29 is 14.7 Å². The number of carbonyl (C=O) groups is 2. The minimum absolute atomic E-state index is 0.217. The van der Waals surface area contributed by atoms with Gasteiger partial charge in [-0.25, -0.2) is 9.59 Å². The smallest absolute Gasteiger partial charge is 0.334 e. The van der Waals surface area contributed by atoms with Crippen molar-refractivity contribution in [1.29, 1.82) is 0 Å². The number of aliphatic carboxylic acids is 1. The lowest BCUT2D eigenvalue weighted by atomic mass is 10.1. The third-order valence-corrected chi connectivity index (χ3v) is 2.98. The molecule has 0 spiro atoms. The van der Waals surface area contributed by atoms with E-state index in [-0.39, 0.29) is 6.42 Å². The second-order valence-electron chi connectivity index (χ2n) is 4.67. The molecule has 114 valence electrons. The minimum atomic E-state index is -1.08. The van der Waals surface area contributed by atoms with E-state index >= 15 is 0 Å². The van der Waals surface area contributed by atoms with Crippen LogP contribution in [0.5, 0.6) is 0 Å². The summed E-state index contributed by atoms with van der Waals surface area (Å²) in [5.74, 6) is -1.08. The van der Waals surface area contributed by atoms with Crippen molar-refractivity contribution in [3.8, 4) is 0 Å². The summed E-state index contributed by atoms with van der Waals surface area (Å²) in [6, 6.07) is 16.6. The number of benzene rings is 2. The van der Waals surface area contributed by atoms with Crippen LogP contribution in [-0.2, 0) is 11.2 Å². The number of para-hydroxylation sites is 1. The van der Waals surface area contributed by atoms with E-state index in [2.05, 4.69) is 16.2 Å². The Morgan fingerprint density at radius 2 is 1.55 bits per heavy atom. The van der Waals surface area contributed by atoms with Crippen LogP contribution in [0, 0.1) is 0 Å². The van der Waals surface area contributed by atoms with Gasteiger partial charge in [0.05, 0.1) is 5.69 Å². The number of hydrazine groups is 1. The van der Waals surface area contributed by atoms with Gasteiger partial charge in [-0.15, -0.1) is 0 Å². The van der Waals surface area contributed by atoms with E-state index in [1.165, 1.54) is 0 Å². The molecule has 0 unspecified atom stereocenters. The van der Waals surface area contributed by atoms with Crippen LogP contribution in [0.1, 0.15) is 5.56 Å². The summed E-state index contributed by atoms with van der Waals surface area (Å²) < 4.78 is 0. The molecule has 2 rings (SSSR count). The molecule has 0 radical (unpaired) electrons. The van der Waals surface area contributed by atoms with Gasteiger partial charge in [-0.3, -0.25) is 10.9 Å². The van der Waals surface area contributed by atoms with Gasteiger partial charge in [0.15, 0.2) is 0 Å². The summed E-state index contributed by atoms with van der Waals surface area (Å²) >= 11 is 0. The van der Waals surface area contributed by atoms with Crippen LogP contribution in [-0.4, -0.2) is 23.1 Å². The van der Waals surface area contributed by atoms with Crippen molar-refractivity contribution >= 4 is 17.7 Å². The lowest BCUT2D eigenvalue weighted by Gasteiger charge is -2.16. The maximum absolute atomic E-state index is 11.8. The van der Waals surface area contributed by atoms with Crippen molar-refractivity contribution in [1.82, 2.24) is 10.7 Å². The fraction of sp³-hybridized carbons (Fsp3) is 0.125. The Labute approximate surface area is 128 Å². The molecule has 0 fully saturated rings. The van der Waals surface area contributed by atoms with Gasteiger partial charge in [0.2, 0.25) is 0 Å². The zero-order valence-corrected chi connectivity index (χ0v) is 11.8. The van der Waals surface area contributed by atoms with Crippen LogP contribution in [0.4, 0.5) is 10.5 Å². The molecule has 0 aliphatic rings. The monoisotopic (exact) mass is 299 g/mol. The summed E-state index contributed by atoms with van der Waals surface area (Å²) in [6.45, 7) is 0.